The first-order valence-corrected chi connectivity index (χ1v) is 21.5. The first-order valence-electron chi connectivity index (χ1n) is 21.5. The summed E-state index contributed by atoms with van der Waals surface area (Å²) in [5, 5.41) is 3.42. The van der Waals surface area contributed by atoms with Crippen molar-refractivity contribution >= 4 is 21.7 Å². The largest absolute Gasteiger partial charge is 0.247 e. The summed E-state index contributed by atoms with van der Waals surface area (Å²) in [4.78, 5) is 20.8. The fraction of sp³-hybridized carbons (Fsp3) is 0.0169. The van der Waals surface area contributed by atoms with Gasteiger partial charge in [0, 0.05) is 33.0 Å². The number of hydrogen-bond acceptors (Lipinski definition) is 4. The molecule has 11 aromatic rings. The topological polar surface area (TPSA) is 51.6 Å². The van der Waals surface area contributed by atoms with Gasteiger partial charge in [0.2, 0.25) is 0 Å². The number of pyridine rings is 1. The van der Waals surface area contributed by atoms with Crippen molar-refractivity contribution in [2.45, 2.75) is 5.41 Å². The van der Waals surface area contributed by atoms with Crippen LogP contribution in [0.15, 0.2) is 218 Å². The van der Waals surface area contributed by atoms with E-state index in [1.165, 1.54) is 55.5 Å². The van der Waals surface area contributed by atoms with Crippen LogP contribution in [0.4, 0.5) is 0 Å². The van der Waals surface area contributed by atoms with Crippen molar-refractivity contribution in [2.75, 3.05) is 0 Å². The van der Waals surface area contributed by atoms with Crippen LogP contribution >= 0.6 is 0 Å². The predicted octanol–water partition coefficient (Wildman–Crippen LogP) is 14.3. The van der Waals surface area contributed by atoms with Gasteiger partial charge in [0.05, 0.1) is 16.6 Å². The van der Waals surface area contributed by atoms with Crippen molar-refractivity contribution in [1.29, 1.82) is 0 Å². The van der Waals surface area contributed by atoms with E-state index in [9.17, 15) is 0 Å². The highest BCUT2D eigenvalue weighted by Gasteiger charge is 2.51. The molecule has 4 heteroatoms. The Kier molecular flexibility index (Phi) is 7.79. The molecule has 0 saturated carbocycles. The first-order chi connectivity index (χ1) is 31.2. The van der Waals surface area contributed by atoms with E-state index in [1.54, 1.807) is 0 Å². The van der Waals surface area contributed by atoms with Crippen LogP contribution in [0, 0.1) is 0 Å². The van der Waals surface area contributed by atoms with Crippen molar-refractivity contribution < 1.29 is 0 Å². The number of hydrogen-bond donors (Lipinski definition) is 0. The van der Waals surface area contributed by atoms with Crippen molar-refractivity contribution in [3.63, 3.8) is 0 Å². The van der Waals surface area contributed by atoms with E-state index < -0.39 is 5.41 Å². The van der Waals surface area contributed by atoms with Gasteiger partial charge in [-0.1, -0.05) is 194 Å². The van der Waals surface area contributed by atoms with Gasteiger partial charge >= 0.3 is 0 Å². The summed E-state index contributed by atoms with van der Waals surface area (Å²) >= 11 is 0. The lowest BCUT2D eigenvalue weighted by Gasteiger charge is -2.30. The zero-order valence-corrected chi connectivity index (χ0v) is 34.1. The highest BCUT2D eigenvalue weighted by Crippen LogP contribution is 2.63. The van der Waals surface area contributed by atoms with E-state index in [0.29, 0.717) is 17.5 Å². The SMILES string of the molecule is c1ccc(-c2ccc(-c3nc(-c4ccccc4)nc(-c4cccc(-c5nc6ccccc6c6cc7c(cc56)C5(c6ccccc6-c6ccccc65)c5ccccc5-7)c4)n3)cc2)cc1. The maximum Gasteiger partial charge on any atom is 0.164 e. The van der Waals surface area contributed by atoms with Gasteiger partial charge in [-0.3, -0.25) is 0 Å². The molecule has 0 fully saturated rings. The second-order valence-corrected chi connectivity index (χ2v) is 16.5. The Bertz CT molecular complexity index is 3570. The van der Waals surface area contributed by atoms with Crippen LogP contribution in [0.3, 0.4) is 0 Å². The standard InChI is InChI=1S/C59H36N4/c1-3-16-37(17-4-1)38-30-32-40(33-31-38)57-61-56(39-18-5-2-6-19-39)62-58(63-57)42-21-15-20-41(34-42)55-49-36-53-48(35-47(49)46-25-10-14-29-54(46)60-55)45-24-9-13-28-52(45)59(53)50-26-11-7-22-43(50)44-23-8-12-27-51(44)59/h1-36H. The van der Waals surface area contributed by atoms with Gasteiger partial charge in [-0.25, -0.2) is 19.9 Å². The smallest absolute Gasteiger partial charge is 0.164 e. The maximum absolute atomic E-state index is 5.50. The molecule has 0 aliphatic heterocycles. The van der Waals surface area contributed by atoms with Crippen LogP contribution in [-0.2, 0) is 5.41 Å². The summed E-state index contributed by atoms with van der Waals surface area (Å²) in [6.45, 7) is 0. The van der Waals surface area contributed by atoms with Gasteiger partial charge in [-0.05, 0) is 85.3 Å². The molecule has 292 valence electrons. The number of fused-ring (bicyclic) bond motifs is 13. The molecule has 0 amide bonds. The van der Waals surface area contributed by atoms with Crippen molar-refractivity contribution in [3.05, 3.63) is 241 Å². The van der Waals surface area contributed by atoms with E-state index in [1.807, 2.05) is 36.4 Å². The number of aromatic nitrogens is 4. The fourth-order valence-electron chi connectivity index (χ4n) is 10.4. The van der Waals surface area contributed by atoms with Crippen molar-refractivity contribution in [3.8, 4) is 78.8 Å². The number of para-hydroxylation sites is 1. The van der Waals surface area contributed by atoms with Crippen LogP contribution in [0.5, 0.6) is 0 Å². The molecule has 0 saturated heterocycles. The average molecular weight is 801 g/mol. The molecule has 13 rings (SSSR count). The molecule has 2 aliphatic rings. The third kappa shape index (κ3) is 5.35. The zero-order valence-electron chi connectivity index (χ0n) is 34.1. The summed E-state index contributed by atoms with van der Waals surface area (Å²) in [5.74, 6) is 1.85. The van der Waals surface area contributed by atoms with E-state index in [4.69, 9.17) is 19.9 Å². The maximum atomic E-state index is 5.50. The molecule has 4 nitrogen and oxygen atoms in total. The fourth-order valence-corrected chi connectivity index (χ4v) is 10.4. The lowest BCUT2D eigenvalue weighted by molar-refractivity contribution is 0.795. The molecule has 2 heterocycles. The molecule has 9 aromatic carbocycles. The van der Waals surface area contributed by atoms with Gasteiger partial charge < -0.3 is 0 Å². The third-order valence-electron chi connectivity index (χ3n) is 13.1. The minimum Gasteiger partial charge on any atom is -0.247 e. The van der Waals surface area contributed by atoms with Crippen LogP contribution in [-0.4, -0.2) is 19.9 Å². The second-order valence-electron chi connectivity index (χ2n) is 16.5. The Hall–Kier alpha value is -8.34. The molecule has 2 aliphatic carbocycles. The van der Waals surface area contributed by atoms with Crippen molar-refractivity contribution in [2.24, 2.45) is 0 Å². The zero-order chi connectivity index (χ0) is 41.5. The van der Waals surface area contributed by atoms with Gasteiger partial charge in [0.25, 0.3) is 0 Å². The summed E-state index contributed by atoms with van der Waals surface area (Å²) < 4.78 is 0. The van der Waals surface area contributed by atoms with E-state index in [0.717, 1.165) is 49.8 Å². The molecule has 0 unspecified atom stereocenters. The summed E-state index contributed by atoms with van der Waals surface area (Å²) in [5.41, 5.74) is 17.8. The van der Waals surface area contributed by atoms with E-state index >= 15 is 0 Å². The Labute approximate surface area is 364 Å². The highest BCUT2D eigenvalue weighted by molar-refractivity contribution is 6.14. The predicted molar refractivity (Wildman–Crippen MR) is 256 cm³/mol. The lowest BCUT2D eigenvalue weighted by Crippen LogP contribution is -2.25. The van der Waals surface area contributed by atoms with Crippen molar-refractivity contribution in [1.82, 2.24) is 19.9 Å². The Balaban J connectivity index is 1.02. The Morgan fingerprint density at radius 1 is 0.254 bits per heavy atom. The summed E-state index contributed by atoms with van der Waals surface area (Å²) in [6, 6.07) is 78.0. The molecule has 63 heavy (non-hydrogen) atoms. The van der Waals surface area contributed by atoms with Crippen LogP contribution in [0.25, 0.3) is 100 Å². The van der Waals surface area contributed by atoms with Gasteiger partial charge in [0.1, 0.15) is 0 Å². The number of benzene rings is 9. The van der Waals surface area contributed by atoms with E-state index in [-0.39, 0.29) is 0 Å². The Morgan fingerprint density at radius 3 is 1.37 bits per heavy atom. The van der Waals surface area contributed by atoms with Crippen LogP contribution < -0.4 is 0 Å². The second kappa shape index (κ2) is 13.8. The monoisotopic (exact) mass is 800 g/mol. The number of nitrogens with zero attached hydrogens (tertiary/aromatic N) is 4. The molecule has 0 radical (unpaired) electrons. The van der Waals surface area contributed by atoms with Crippen LogP contribution in [0.1, 0.15) is 22.3 Å². The molecule has 0 atom stereocenters. The third-order valence-corrected chi connectivity index (χ3v) is 13.1. The van der Waals surface area contributed by atoms with Gasteiger partial charge in [-0.15, -0.1) is 0 Å². The van der Waals surface area contributed by atoms with Gasteiger partial charge in [-0.2, -0.15) is 0 Å². The molecule has 0 N–H and O–H groups in total. The molecular formula is C59H36N4. The minimum atomic E-state index is -0.466. The van der Waals surface area contributed by atoms with E-state index in [2.05, 4.69) is 182 Å². The first kappa shape index (κ1) is 35.4. The highest BCUT2D eigenvalue weighted by atomic mass is 15.0. The van der Waals surface area contributed by atoms with Crippen LogP contribution in [0.2, 0.25) is 0 Å². The minimum absolute atomic E-state index is 0.466. The molecule has 1 spiro atoms. The van der Waals surface area contributed by atoms with Gasteiger partial charge in [0.15, 0.2) is 17.5 Å². The summed E-state index contributed by atoms with van der Waals surface area (Å²) in [7, 11) is 0. The molecular weight excluding hydrogens is 765 g/mol. The number of rotatable bonds is 5. The molecule has 0 bridgehead atoms. The lowest BCUT2D eigenvalue weighted by atomic mass is 9.70. The quantitative estimate of drug-likeness (QED) is 0.163. The average Bonchev–Trinajstić information content (AvgIpc) is 3.83. The molecule has 2 aromatic heterocycles. The normalized spacial score (nSPS) is 12.9. The Morgan fingerprint density at radius 2 is 0.714 bits per heavy atom. The summed E-state index contributed by atoms with van der Waals surface area (Å²) in [6.07, 6.45) is 0.